The van der Waals surface area contributed by atoms with Crippen LogP contribution in [0, 0.1) is 0 Å². The minimum atomic E-state index is 1.19. The van der Waals surface area contributed by atoms with Gasteiger partial charge in [-0.3, -0.25) is 0 Å². The van der Waals surface area contributed by atoms with Crippen LogP contribution in [-0.2, 0) is 6.54 Å². The lowest BCUT2D eigenvalue weighted by atomic mass is 10.0. The molecule has 62 heavy (non-hydrogen) atoms. The highest BCUT2D eigenvalue weighted by atomic mass is 15.3. The molecule has 0 fully saturated rings. The number of rotatable bonds is 50. The molecule has 0 aliphatic carbocycles. The van der Waals surface area contributed by atoms with Gasteiger partial charge >= 0.3 is 0 Å². The predicted molar refractivity (Wildman–Crippen MR) is 283 cm³/mol. The van der Waals surface area contributed by atoms with Crippen LogP contribution in [0.5, 0.6) is 0 Å². The Labute approximate surface area is 391 Å². The molecule has 0 amide bonds. The molecule has 0 radical (unpaired) electrons. The highest BCUT2D eigenvalue weighted by Crippen LogP contribution is 2.22. The molecule has 0 aromatic heterocycles. The van der Waals surface area contributed by atoms with Crippen molar-refractivity contribution >= 4 is 0 Å². The monoisotopic (exact) mass is 859 g/mol. The van der Waals surface area contributed by atoms with Crippen LogP contribution in [-0.4, -0.2) is 24.1 Å². The Kier molecular flexibility index (Phi) is 46.0. The van der Waals surface area contributed by atoms with Gasteiger partial charge < -0.3 is 4.48 Å². The van der Waals surface area contributed by atoms with Crippen LogP contribution in [0.3, 0.4) is 0 Å². The van der Waals surface area contributed by atoms with Gasteiger partial charge in [0.15, 0.2) is 0 Å². The number of hydrogen-bond donors (Lipinski definition) is 0. The molecule has 1 aromatic rings. The van der Waals surface area contributed by atoms with Gasteiger partial charge in [-0.25, -0.2) is 0 Å². The van der Waals surface area contributed by atoms with Crippen molar-refractivity contribution in [3.63, 3.8) is 0 Å². The zero-order chi connectivity index (χ0) is 44.4. The minimum absolute atomic E-state index is 1.19. The van der Waals surface area contributed by atoms with Gasteiger partial charge in [-0.05, 0) is 57.8 Å². The first kappa shape index (κ1) is 58.4. The van der Waals surface area contributed by atoms with Gasteiger partial charge in [-0.15, -0.1) is 0 Å². The van der Waals surface area contributed by atoms with Crippen molar-refractivity contribution < 1.29 is 4.48 Å². The molecular formula is C61H112N+. The number of benzene rings is 1. The van der Waals surface area contributed by atoms with Gasteiger partial charge in [-0.1, -0.05) is 280 Å². The average molecular weight is 860 g/mol. The summed E-state index contributed by atoms with van der Waals surface area (Å²) in [5.74, 6) is 0. The summed E-state index contributed by atoms with van der Waals surface area (Å²) in [7, 11) is 0. The van der Waals surface area contributed by atoms with Crippen LogP contribution in [0.15, 0.2) is 66.8 Å². The molecule has 0 atom stereocenters. The van der Waals surface area contributed by atoms with Crippen molar-refractivity contribution in [3.05, 3.63) is 72.4 Å². The Hall–Kier alpha value is -1.60. The molecule has 0 heterocycles. The second-order valence-electron chi connectivity index (χ2n) is 20.0. The molecule has 0 spiro atoms. The van der Waals surface area contributed by atoms with E-state index in [9.17, 15) is 0 Å². The van der Waals surface area contributed by atoms with Crippen LogP contribution in [0.25, 0.3) is 0 Å². The number of allylic oxidation sites excluding steroid dienone is 6. The normalized spacial score (nSPS) is 12.3. The Morgan fingerprint density at radius 3 is 0.758 bits per heavy atom. The molecule has 0 bridgehead atoms. The Morgan fingerprint density at radius 1 is 0.274 bits per heavy atom. The van der Waals surface area contributed by atoms with Crippen LogP contribution < -0.4 is 0 Å². The molecule has 1 nitrogen and oxygen atoms in total. The summed E-state index contributed by atoms with van der Waals surface area (Å²) in [6.07, 6.45) is 73.8. The summed E-state index contributed by atoms with van der Waals surface area (Å²) in [5, 5.41) is 0. The maximum Gasteiger partial charge on any atom is 0.104 e. The molecule has 0 N–H and O–H groups in total. The van der Waals surface area contributed by atoms with Gasteiger partial charge in [0.2, 0.25) is 0 Å². The Balaban J connectivity index is 2.55. The zero-order valence-electron chi connectivity index (χ0n) is 42.8. The quantitative estimate of drug-likeness (QED) is 0.0348. The molecule has 0 saturated heterocycles. The third-order valence-electron chi connectivity index (χ3n) is 13.8. The van der Waals surface area contributed by atoms with Gasteiger partial charge in [-0.2, -0.15) is 0 Å². The molecule has 0 unspecified atom stereocenters. The van der Waals surface area contributed by atoms with E-state index >= 15 is 0 Å². The Morgan fingerprint density at radius 2 is 0.500 bits per heavy atom. The van der Waals surface area contributed by atoms with E-state index in [0.29, 0.717) is 0 Å². The first-order valence-corrected chi connectivity index (χ1v) is 28.6. The fraction of sp³-hybridized carbons (Fsp3) is 0.803. The van der Waals surface area contributed by atoms with E-state index in [4.69, 9.17) is 0 Å². The summed E-state index contributed by atoms with van der Waals surface area (Å²) >= 11 is 0. The lowest BCUT2D eigenvalue weighted by Crippen LogP contribution is -2.49. The van der Waals surface area contributed by atoms with E-state index < -0.39 is 0 Å². The number of hydrogen-bond acceptors (Lipinski definition) is 0. The lowest BCUT2D eigenvalue weighted by Gasteiger charge is -2.39. The van der Waals surface area contributed by atoms with E-state index in [1.807, 2.05) is 0 Å². The molecule has 0 aliphatic rings. The van der Waals surface area contributed by atoms with Gasteiger partial charge in [0, 0.05) is 24.8 Å². The largest absolute Gasteiger partial charge is 0.320 e. The van der Waals surface area contributed by atoms with Crippen LogP contribution >= 0.6 is 0 Å². The SMILES string of the molecule is CCCCCCCCCCCCC/C=C/CCC[N+](CCC/C=C/CCCCCCCCCCCCC)(CCC/C=C/CCCCCCCCCCCCC)Cc1ccccc1. The van der Waals surface area contributed by atoms with Gasteiger partial charge in [0.1, 0.15) is 6.54 Å². The third kappa shape index (κ3) is 41.1. The first-order valence-electron chi connectivity index (χ1n) is 28.6. The number of nitrogens with zero attached hydrogens (tertiary/aromatic N) is 1. The number of quaternary nitrogens is 1. The predicted octanol–water partition coefficient (Wildman–Crippen LogP) is 21.1. The van der Waals surface area contributed by atoms with Crippen molar-refractivity contribution in [2.75, 3.05) is 19.6 Å². The second kappa shape index (κ2) is 48.8. The summed E-state index contributed by atoms with van der Waals surface area (Å²) in [4.78, 5) is 0. The highest BCUT2D eigenvalue weighted by Gasteiger charge is 2.26. The molecule has 0 aliphatic heterocycles. The molecule has 360 valence electrons. The van der Waals surface area contributed by atoms with Crippen molar-refractivity contribution in [1.29, 1.82) is 0 Å². The van der Waals surface area contributed by atoms with Crippen molar-refractivity contribution in [2.24, 2.45) is 0 Å². The van der Waals surface area contributed by atoms with Crippen molar-refractivity contribution in [1.82, 2.24) is 0 Å². The summed E-state index contributed by atoms with van der Waals surface area (Å²) in [5.41, 5.74) is 1.53. The second-order valence-corrected chi connectivity index (χ2v) is 20.0. The number of unbranched alkanes of at least 4 members (excludes halogenated alkanes) is 36. The first-order chi connectivity index (χ1) is 30.8. The van der Waals surface area contributed by atoms with Crippen LogP contribution in [0.2, 0.25) is 0 Å². The average Bonchev–Trinajstić information content (AvgIpc) is 3.29. The van der Waals surface area contributed by atoms with Crippen molar-refractivity contribution in [3.8, 4) is 0 Å². The lowest BCUT2D eigenvalue weighted by molar-refractivity contribution is -0.941. The van der Waals surface area contributed by atoms with E-state index in [1.165, 1.54) is 306 Å². The van der Waals surface area contributed by atoms with E-state index in [0.717, 1.165) is 0 Å². The third-order valence-corrected chi connectivity index (χ3v) is 13.8. The maximum atomic E-state index is 2.53. The standard InChI is InChI=1S/C61H112N/c1-4-7-10-13-16-19-22-25-28-31-34-37-40-43-46-52-57-62(60-61-55-50-49-51-56-61,58-53-47-44-41-38-35-32-29-26-23-20-17-14-11-8-5-2)59-54-48-45-42-39-36-33-30-27-24-21-18-15-12-9-6-3/h40-45,49-51,55-56H,4-39,46-48,52-54,57-60H2,1-3H3/q+1/b43-40+,44-41+,45-42+. The molecule has 1 rings (SSSR count). The molecule has 1 heteroatoms. The van der Waals surface area contributed by atoms with E-state index in [-0.39, 0.29) is 0 Å². The smallest absolute Gasteiger partial charge is 0.104 e. The minimum Gasteiger partial charge on any atom is -0.320 e. The topological polar surface area (TPSA) is 0 Å². The maximum absolute atomic E-state index is 2.53. The molecule has 0 saturated carbocycles. The van der Waals surface area contributed by atoms with E-state index in [2.05, 4.69) is 87.6 Å². The molecule has 1 aromatic carbocycles. The fourth-order valence-electron chi connectivity index (χ4n) is 9.66. The zero-order valence-corrected chi connectivity index (χ0v) is 42.8. The summed E-state index contributed by atoms with van der Waals surface area (Å²) < 4.78 is 1.26. The Bertz CT molecular complexity index is 964. The summed E-state index contributed by atoms with van der Waals surface area (Å²) in [6, 6.07) is 11.5. The molecular weight excluding hydrogens is 747 g/mol. The van der Waals surface area contributed by atoms with Crippen LogP contribution in [0.1, 0.15) is 296 Å². The van der Waals surface area contributed by atoms with Gasteiger partial charge in [0.05, 0.1) is 19.6 Å². The van der Waals surface area contributed by atoms with Crippen LogP contribution in [0.4, 0.5) is 0 Å². The van der Waals surface area contributed by atoms with Gasteiger partial charge in [0.25, 0.3) is 0 Å². The summed E-state index contributed by atoms with van der Waals surface area (Å²) in [6.45, 7) is 12.1. The van der Waals surface area contributed by atoms with E-state index in [1.54, 1.807) is 0 Å². The highest BCUT2D eigenvalue weighted by molar-refractivity contribution is 5.13. The van der Waals surface area contributed by atoms with Crippen molar-refractivity contribution in [2.45, 2.75) is 297 Å². The fourth-order valence-corrected chi connectivity index (χ4v) is 9.66.